The number of aromatic nitrogens is 2. The predicted molar refractivity (Wildman–Crippen MR) is 84.3 cm³/mol. The van der Waals surface area contributed by atoms with Crippen LogP contribution < -0.4 is 0 Å². The van der Waals surface area contributed by atoms with Crippen molar-refractivity contribution in [2.45, 2.75) is 39.3 Å². The lowest BCUT2D eigenvalue weighted by atomic mass is 10.2. The van der Waals surface area contributed by atoms with Gasteiger partial charge in [-0.05, 0) is 38.8 Å². The zero-order valence-corrected chi connectivity index (χ0v) is 13.6. The predicted octanol–water partition coefficient (Wildman–Crippen LogP) is 1.14. The van der Waals surface area contributed by atoms with Crippen molar-refractivity contribution >= 4 is 11.8 Å². The summed E-state index contributed by atoms with van der Waals surface area (Å²) in [6.45, 7) is 8.99. The summed E-state index contributed by atoms with van der Waals surface area (Å²) in [5.41, 5.74) is 2.10. The van der Waals surface area contributed by atoms with Crippen LogP contribution in [0.5, 0.6) is 0 Å². The van der Waals surface area contributed by atoms with E-state index in [1.54, 1.807) is 7.05 Å². The molecule has 120 valence electrons. The molecule has 0 aromatic carbocycles. The lowest BCUT2D eigenvalue weighted by molar-refractivity contribution is -0.138. The van der Waals surface area contributed by atoms with Gasteiger partial charge in [-0.15, -0.1) is 0 Å². The number of likely N-dealkylation sites (tertiary alicyclic amines) is 1. The topological polar surface area (TPSA) is 58.4 Å². The number of carbonyl (C=O) groups excluding carboxylic acids is 2. The molecule has 1 atom stereocenters. The average Bonchev–Trinajstić information content (AvgIpc) is 3.05. The van der Waals surface area contributed by atoms with Crippen molar-refractivity contribution in [1.29, 1.82) is 0 Å². The first-order valence-electron chi connectivity index (χ1n) is 7.60. The van der Waals surface area contributed by atoms with Gasteiger partial charge < -0.3 is 9.80 Å². The molecule has 2 rings (SSSR count). The third kappa shape index (κ3) is 3.55. The molecule has 0 N–H and O–H groups in total. The molecule has 1 saturated heterocycles. The summed E-state index contributed by atoms with van der Waals surface area (Å²) >= 11 is 0. The molecular formula is C16H24N4O2. The first kappa shape index (κ1) is 16.3. The Morgan fingerprint density at radius 2 is 2.23 bits per heavy atom. The Morgan fingerprint density at radius 3 is 2.82 bits per heavy atom. The van der Waals surface area contributed by atoms with Crippen LogP contribution >= 0.6 is 0 Å². The second kappa shape index (κ2) is 6.77. The molecule has 1 fully saturated rings. The Morgan fingerprint density at radius 1 is 1.50 bits per heavy atom. The fraction of sp³-hybridized carbons (Fsp3) is 0.562. The van der Waals surface area contributed by atoms with Gasteiger partial charge in [0, 0.05) is 19.3 Å². The van der Waals surface area contributed by atoms with Gasteiger partial charge in [-0.3, -0.25) is 14.3 Å². The summed E-state index contributed by atoms with van der Waals surface area (Å²) < 4.78 is 1.96. The van der Waals surface area contributed by atoms with Crippen molar-refractivity contribution in [2.24, 2.45) is 0 Å². The molecular weight excluding hydrogens is 280 g/mol. The third-order valence-electron chi connectivity index (χ3n) is 4.11. The molecule has 1 aromatic rings. The highest BCUT2D eigenvalue weighted by molar-refractivity contribution is 5.90. The van der Waals surface area contributed by atoms with Gasteiger partial charge in [0.1, 0.15) is 0 Å². The van der Waals surface area contributed by atoms with Crippen molar-refractivity contribution in [3.63, 3.8) is 0 Å². The maximum Gasteiger partial charge on any atom is 0.246 e. The molecule has 0 radical (unpaired) electrons. The second-order valence-corrected chi connectivity index (χ2v) is 5.89. The lowest BCUT2D eigenvalue weighted by Gasteiger charge is -2.27. The van der Waals surface area contributed by atoms with E-state index >= 15 is 0 Å². The lowest BCUT2D eigenvalue weighted by Crippen LogP contribution is -2.44. The Kier molecular flexibility index (Phi) is 5.00. The third-order valence-corrected chi connectivity index (χ3v) is 4.11. The van der Waals surface area contributed by atoms with E-state index in [9.17, 15) is 9.59 Å². The summed E-state index contributed by atoms with van der Waals surface area (Å²) in [7, 11) is 1.62. The van der Waals surface area contributed by atoms with E-state index in [4.69, 9.17) is 0 Å². The zero-order chi connectivity index (χ0) is 16.3. The second-order valence-electron chi connectivity index (χ2n) is 5.89. The summed E-state index contributed by atoms with van der Waals surface area (Å²) in [6, 6.07) is 2.19. The van der Waals surface area contributed by atoms with Crippen molar-refractivity contribution in [3.8, 4) is 0 Å². The number of nitrogens with zero attached hydrogens (tertiary/aromatic N) is 4. The summed E-state index contributed by atoms with van der Waals surface area (Å²) in [5.74, 6) is -0.246. The van der Waals surface area contributed by atoms with E-state index in [2.05, 4.69) is 11.7 Å². The van der Waals surface area contributed by atoms with Crippen LogP contribution in [-0.2, 0) is 16.1 Å². The fourth-order valence-electron chi connectivity index (χ4n) is 2.94. The number of hydrogen-bond donors (Lipinski definition) is 0. The Hall–Kier alpha value is -2.11. The van der Waals surface area contributed by atoms with Crippen LogP contribution in [0, 0.1) is 13.8 Å². The molecule has 0 aliphatic carbocycles. The zero-order valence-electron chi connectivity index (χ0n) is 13.6. The SMILES string of the molecule is C=CC(=O)N(C)CC(=O)N1CCCC1Cn1nc(C)cc1C. The molecule has 6 heteroatoms. The molecule has 2 amide bonds. The van der Waals surface area contributed by atoms with Crippen LogP contribution in [0.25, 0.3) is 0 Å². The number of hydrogen-bond acceptors (Lipinski definition) is 3. The molecule has 1 unspecified atom stereocenters. The van der Waals surface area contributed by atoms with Crippen LogP contribution in [0.4, 0.5) is 0 Å². The van der Waals surface area contributed by atoms with E-state index in [-0.39, 0.29) is 24.4 Å². The molecule has 1 aliphatic rings. The quantitative estimate of drug-likeness (QED) is 0.766. The van der Waals surface area contributed by atoms with E-state index in [0.717, 1.165) is 30.8 Å². The van der Waals surface area contributed by atoms with Crippen molar-refractivity contribution in [2.75, 3.05) is 20.1 Å². The fourth-order valence-corrected chi connectivity index (χ4v) is 2.94. The Labute approximate surface area is 131 Å². The summed E-state index contributed by atoms with van der Waals surface area (Å²) in [5, 5.41) is 4.47. The summed E-state index contributed by atoms with van der Waals surface area (Å²) in [4.78, 5) is 27.2. The maximum atomic E-state index is 12.4. The minimum Gasteiger partial charge on any atom is -0.336 e. The van der Waals surface area contributed by atoms with Crippen molar-refractivity contribution in [3.05, 3.63) is 30.1 Å². The normalized spacial score (nSPS) is 17.6. The number of amides is 2. The molecule has 0 spiro atoms. The summed E-state index contributed by atoms with van der Waals surface area (Å²) in [6.07, 6.45) is 3.20. The van der Waals surface area contributed by atoms with Gasteiger partial charge in [-0.25, -0.2) is 0 Å². The van der Waals surface area contributed by atoms with Crippen LogP contribution in [-0.4, -0.2) is 57.6 Å². The van der Waals surface area contributed by atoms with Gasteiger partial charge >= 0.3 is 0 Å². The largest absolute Gasteiger partial charge is 0.336 e. The minimum atomic E-state index is -0.234. The van der Waals surface area contributed by atoms with Crippen molar-refractivity contribution in [1.82, 2.24) is 19.6 Å². The molecule has 1 aliphatic heterocycles. The average molecular weight is 304 g/mol. The first-order valence-corrected chi connectivity index (χ1v) is 7.60. The Balaban J connectivity index is 2.01. The Bertz CT molecular complexity index is 579. The van der Waals surface area contributed by atoms with Gasteiger partial charge in [0.05, 0.1) is 24.8 Å². The monoisotopic (exact) mass is 304 g/mol. The molecule has 2 heterocycles. The highest BCUT2D eigenvalue weighted by atomic mass is 16.2. The van der Waals surface area contributed by atoms with E-state index < -0.39 is 0 Å². The van der Waals surface area contributed by atoms with Crippen LogP contribution in [0.1, 0.15) is 24.2 Å². The highest BCUT2D eigenvalue weighted by Gasteiger charge is 2.30. The van der Waals surface area contributed by atoms with Gasteiger partial charge in [-0.2, -0.15) is 5.10 Å². The first-order chi connectivity index (χ1) is 10.4. The van der Waals surface area contributed by atoms with Gasteiger partial charge in [0.15, 0.2) is 0 Å². The van der Waals surface area contributed by atoms with Gasteiger partial charge in [0.25, 0.3) is 0 Å². The maximum absolute atomic E-state index is 12.4. The molecule has 6 nitrogen and oxygen atoms in total. The molecule has 1 aromatic heterocycles. The smallest absolute Gasteiger partial charge is 0.246 e. The molecule has 22 heavy (non-hydrogen) atoms. The van der Waals surface area contributed by atoms with Crippen LogP contribution in [0.3, 0.4) is 0 Å². The number of likely N-dealkylation sites (N-methyl/N-ethyl adjacent to an activating group) is 1. The van der Waals surface area contributed by atoms with Crippen molar-refractivity contribution < 1.29 is 9.59 Å². The van der Waals surface area contributed by atoms with Crippen LogP contribution in [0.15, 0.2) is 18.7 Å². The van der Waals surface area contributed by atoms with E-state index in [1.165, 1.54) is 11.0 Å². The van der Waals surface area contributed by atoms with E-state index in [1.807, 2.05) is 29.5 Å². The van der Waals surface area contributed by atoms with Gasteiger partial charge in [-0.1, -0.05) is 6.58 Å². The number of aryl methyl sites for hydroxylation is 2. The standard InChI is InChI=1S/C16H24N4O2/c1-5-15(21)18(4)11-16(22)19-8-6-7-14(19)10-20-13(3)9-12(2)17-20/h5,9,14H,1,6-8,10-11H2,2-4H3. The number of carbonyl (C=O) groups is 2. The van der Waals surface area contributed by atoms with Gasteiger partial charge in [0.2, 0.25) is 11.8 Å². The molecule has 0 bridgehead atoms. The van der Waals surface area contributed by atoms with Crippen LogP contribution in [0.2, 0.25) is 0 Å². The molecule has 0 saturated carbocycles. The minimum absolute atomic E-state index is 0.0123. The number of rotatable bonds is 5. The highest BCUT2D eigenvalue weighted by Crippen LogP contribution is 2.20. The van der Waals surface area contributed by atoms with E-state index in [0.29, 0.717) is 6.54 Å².